The zero-order valence-corrected chi connectivity index (χ0v) is 20.6. The molecule has 1 amide bonds. The topological polar surface area (TPSA) is 115 Å². The summed E-state index contributed by atoms with van der Waals surface area (Å²) in [6.07, 6.45) is 1.37. The SMILES string of the molecule is CC(C)(C)N(C(=O)O)c1ccc(CCNc2nccc(C(C#N)c3nc4ccccc4s3)n2)cc1. The van der Waals surface area contributed by atoms with E-state index in [1.165, 1.54) is 16.2 Å². The minimum Gasteiger partial charge on any atom is -0.465 e. The molecule has 178 valence electrons. The zero-order valence-electron chi connectivity index (χ0n) is 19.8. The lowest BCUT2D eigenvalue weighted by molar-refractivity contribution is 0.195. The molecule has 2 aromatic carbocycles. The van der Waals surface area contributed by atoms with E-state index in [1.54, 1.807) is 12.3 Å². The molecule has 0 aliphatic carbocycles. The van der Waals surface area contributed by atoms with Crippen LogP contribution in [0.15, 0.2) is 60.8 Å². The van der Waals surface area contributed by atoms with Crippen LogP contribution in [0, 0.1) is 11.3 Å². The number of nitrogens with zero attached hydrogens (tertiary/aromatic N) is 5. The van der Waals surface area contributed by atoms with E-state index in [0.717, 1.165) is 15.8 Å². The first kappa shape index (κ1) is 24.1. The zero-order chi connectivity index (χ0) is 25.0. The van der Waals surface area contributed by atoms with E-state index in [9.17, 15) is 15.2 Å². The van der Waals surface area contributed by atoms with Gasteiger partial charge in [0.25, 0.3) is 0 Å². The lowest BCUT2D eigenvalue weighted by atomic mass is 10.0. The predicted octanol–water partition coefficient (Wildman–Crippen LogP) is 5.68. The van der Waals surface area contributed by atoms with Gasteiger partial charge in [-0.05, 0) is 63.1 Å². The number of aromatic nitrogens is 3. The monoisotopic (exact) mass is 486 g/mol. The Morgan fingerprint density at radius 2 is 1.89 bits per heavy atom. The molecule has 0 saturated carbocycles. The number of rotatable bonds is 7. The van der Waals surface area contributed by atoms with Gasteiger partial charge in [-0.3, -0.25) is 4.90 Å². The molecule has 2 heterocycles. The smallest absolute Gasteiger partial charge is 0.412 e. The molecular weight excluding hydrogens is 460 g/mol. The maximum absolute atomic E-state index is 11.7. The number of thiazole rings is 1. The van der Waals surface area contributed by atoms with Gasteiger partial charge in [0.15, 0.2) is 0 Å². The van der Waals surface area contributed by atoms with Gasteiger partial charge in [-0.25, -0.2) is 19.7 Å². The molecule has 2 N–H and O–H groups in total. The summed E-state index contributed by atoms with van der Waals surface area (Å²) >= 11 is 1.50. The Balaban J connectivity index is 1.41. The minimum atomic E-state index is -0.981. The fourth-order valence-electron chi connectivity index (χ4n) is 3.79. The number of carbonyl (C=O) groups is 1. The largest absolute Gasteiger partial charge is 0.465 e. The van der Waals surface area contributed by atoms with E-state index in [2.05, 4.69) is 26.3 Å². The van der Waals surface area contributed by atoms with Crippen molar-refractivity contribution in [1.29, 1.82) is 5.26 Å². The van der Waals surface area contributed by atoms with Gasteiger partial charge in [-0.15, -0.1) is 11.3 Å². The predicted molar refractivity (Wildman–Crippen MR) is 138 cm³/mol. The van der Waals surface area contributed by atoms with Gasteiger partial charge < -0.3 is 10.4 Å². The number of amides is 1. The molecule has 0 spiro atoms. The maximum atomic E-state index is 11.7. The number of fused-ring (bicyclic) bond motifs is 1. The van der Waals surface area contributed by atoms with Crippen molar-refractivity contribution in [1.82, 2.24) is 15.0 Å². The molecule has 1 unspecified atom stereocenters. The van der Waals surface area contributed by atoms with E-state index < -0.39 is 17.6 Å². The molecule has 35 heavy (non-hydrogen) atoms. The van der Waals surface area contributed by atoms with E-state index >= 15 is 0 Å². The fourth-order valence-corrected chi connectivity index (χ4v) is 4.82. The second kappa shape index (κ2) is 10.1. The summed E-state index contributed by atoms with van der Waals surface area (Å²) in [6.45, 7) is 6.17. The van der Waals surface area contributed by atoms with Crippen molar-refractivity contribution in [2.75, 3.05) is 16.8 Å². The van der Waals surface area contributed by atoms with Crippen LogP contribution in [0.3, 0.4) is 0 Å². The average Bonchev–Trinajstić information content (AvgIpc) is 3.24. The van der Waals surface area contributed by atoms with E-state index in [4.69, 9.17) is 0 Å². The van der Waals surface area contributed by atoms with Crippen LogP contribution in [-0.4, -0.2) is 38.2 Å². The highest BCUT2D eigenvalue weighted by atomic mass is 32.1. The van der Waals surface area contributed by atoms with Crippen LogP contribution in [0.5, 0.6) is 0 Å². The highest BCUT2D eigenvalue weighted by Gasteiger charge is 2.27. The second-order valence-corrected chi connectivity index (χ2v) is 10.1. The number of benzene rings is 2. The van der Waals surface area contributed by atoms with Crippen molar-refractivity contribution in [3.63, 3.8) is 0 Å². The van der Waals surface area contributed by atoms with Gasteiger partial charge in [0, 0.05) is 24.0 Å². The van der Waals surface area contributed by atoms with Crippen LogP contribution in [-0.2, 0) is 6.42 Å². The van der Waals surface area contributed by atoms with E-state index in [-0.39, 0.29) is 0 Å². The maximum Gasteiger partial charge on any atom is 0.412 e. The average molecular weight is 487 g/mol. The van der Waals surface area contributed by atoms with Crippen molar-refractivity contribution in [2.45, 2.75) is 38.6 Å². The molecule has 2 aromatic heterocycles. The lowest BCUT2D eigenvalue weighted by Crippen LogP contribution is -2.45. The summed E-state index contributed by atoms with van der Waals surface area (Å²) < 4.78 is 1.04. The van der Waals surface area contributed by atoms with Gasteiger partial charge >= 0.3 is 6.09 Å². The summed E-state index contributed by atoms with van der Waals surface area (Å²) in [7, 11) is 0. The summed E-state index contributed by atoms with van der Waals surface area (Å²) in [4.78, 5) is 26.5. The number of hydrogen-bond donors (Lipinski definition) is 2. The molecule has 1 atom stereocenters. The van der Waals surface area contributed by atoms with Crippen LogP contribution < -0.4 is 10.2 Å². The molecule has 0 aliphatic heterocycles. The van der Waals surface area contributed by atoms with Gasteiger partial charge in [-0.1, -0.05) is 24.3 Å². The number of anilines is 2. The number of para-hydroxylation sites is 1. The molecule has 0 aliphatic rings. The summed E-state index contributed by atoms with van der Waals surface area (Å²) in [5.41, 5.74) is 2.63. The molecule has 9 heteroatoms. The van der Waals surface area contributed by atoms with Crippen LogP contribution in [0.4, 0.5) is 16.4 Å². The molecular formula is C26H26N6O2S. The summed E-state index contributed by atoms with van der Waals surface area (Å²) in [5.74, 6) is -0.117. The number of nitriles is 1. The first-order valence-corrected chi connectivity index (χ1v) is 12.0. The third-order valence-electron chi connectivity index (χ3n) is 5.41. The molecule has 0 radical (unpaired) electrons. The van der Waals surface area contributed by atoms with Gasteiger partial charge in [0.2, 0.25) is 5.95 Å². The molecule has 0 bridgehead atoms. The van der Waals surface area contributed by atoms with Crippen molar-refractivity contribution in [3.05, 3.63) is 77.1 Å². The third-order valence-corrected chi connectivity index (χ3v) is 6.51. The first-order valence-electron chi connectivity index (χ1n) is 11.2. The first-order chi connectivity index (χ1) is 16.8. The van der Waals surface area contributed by atoms with Gasteiger partial charge in [0.05, 0.1) is 22.0 Å². The normalized spacial score (nSPS) is 12.2. The highest BCUT2D eigenvalue weighted by molar-refractivity contribution is 7.18. The lowest BCUT2D eigenvalue weighted by Gasteiger charge is -2.33. The Morgan fingerprint density at radius 3 is 2.54 bits per heavy atom. The number of nitrogens with one attached hydrogen (secondary N) is 1. The van der Waals surface area contributed by atoms with Crippen molar-refractivity contribution in [3.8, 4) is 6.07 Å². The molecule has 4 rings (SSSR count). The Labute approximate surface area is 207 Å². The Kier molecular flexibility index (Phi) is 6.94. The van der Waals surface area contributed by atoms with E-state index in [1.807, 2.05) is 69.3 Å². The van der Waals surface area contributed by atoms with Gasteiger partial charge in [0.1, 0.15) is 10.9 Å². The van der Waals surface area contributed by atoms with Crippen LogP contribution in [0.2, 0.25) is 0 Å². The van der Waals surface area contributed by atoms with Crippen LogP contribution >= 0.6 is 11.3 Å². The Bertz CT molecular complexity index is 1340. The van der Waals surface area contributed by atoms with E-state index in [0.29, 0.717) is 35.3 Å². The summed E-state index contributed by atoms with van der Waals surface area (Å²) in [6, 6.07) is 19.4. The number of hydrogen-bond acceptors (Lipinski definition) is 7. The van der Waals surface area contributed by atoms with Crippen LogP contribution in [0.1, 0.15) is 43.0 Å². The van der Waals surface area contributed by atoms with Crippen molar-refractivity contribution >= 4 is 39.3 Å². The second-order valence-electron chi connectivity index (χ2n) is 9.02. The van der Waals surface area contributed by atoms with Gasteiger partial charge in [-0.2, -0.15) is 5.26 Å². The third kappa shape index (κ3) is 5.55. The fraction of sp³-hybridized carbons (Fsp3) is 0.269. The molecule has 4 aromatic rings. The molecule has 0 fully saturated rings. The minimum absolute atomic E-state index is 0.449. The Hall–Kier alpha value is -4.03. The molecule has 8 nitrogen and oxygen atoms in total. The molecule has 0 saturated heterocycles. The van der Waals surface area contributed by atoms with Crippen molar-refractivity contribution in [2.24, 2.45) is 0 Å². The van der Waals surface area contributed by atoms with Crippen LogP contribution in [0.25, 0.3) is 10.2 Å². The standard InChI is InChI=1S/C26H26N6O2S/c1-26(2,3)32(25(33)34)18-10-8-17(9-11-18)12-14-28-24-29-15-13-20(31-24)19(16-27)23-30-21-6-4-5-7-22(21)35-23/h4-11,13,15,19H,12,14H2,1-3H3,(H,33,34)(H,28,29,31). The quantitative estimate of drug-likeness (QED) is 0.345. The summed E-state index contributed by atoms with van der Waals surface area (Å²) in [5, 5.41) is 23.3. The number of carboxylic acid groups (broad SMARTS) is 1. The Morgan fingerprint density at radius 1 is 1.14 bits per heavy atom. The highest BCUT2D eigenvalue weighted by Crippen LogP contribution is 2.31. The van der Waals surface area contributed by atoms with Crippen molar-refractivity contribution < 1.29 is 9.90 Å².